The number of nitrogens with zero attached hydrogens (tertiary/aromatic N) is 3. The van der Waals surface area contributed by atoms with E-state index >= 15 is 0 Å². The number of hydrogen-bond donors (Lipinski definition) is 1. The van der Waals surface area contributed by atoms with Crippen LogP contribution in [0.25, 0.3) is 0 Å². The van der Waals surface area contributed by atoms with Crippen molar-refractivity contribution < 1.29 is 28.2 Å². The molecular weight excluding hydrogens is 524 g/mol. The summed E-state index contributed by atoms with van der Waals surface area (Å²) < 4.78 is 22.3. The highest BCUT2D eigenvalue weighted by Gasteiger charge is 2.25. The molecular formula is C31H38N4O6. The number of rotatable bonds is 10. The molecule has 1 N–H and O–H groups in total. The molecule has 0 saturated carbocycles. The van der Waals surface area contributed by atoms with Gasteiger partial charge in [-0.1, -0.05) is 24.3 Å². The van der Waals surface area contributed by atoms with E-state index in [4.69, 9.17) is 18.6 Å². The Kier molecular flexibility index (Phi) is 9.11. The molecule has 10 nitrogen and oxygen atoms in total. The predicted molar refractivity (Wildman–Crippen MR) is 154 cm³/mol. The highest BCUT2D eigenvalue weighted by atomic mass is 16.7. The predicted octanol–water partition coefficient (Wildman–Crippen LogP) is 4.33. The summed E-state index contributed by atoms with van der Waals surface area (Å²) in [5.41, 5.74) is 3.60. The quantitative estimate of drug-likeness (QED) is 0.393. The van der Waals surface area contributed by atoms with Crippen LogP contribution >= 0.6 is 0 Å². The number of aryl methyl sites for hydroxylation is 3. The standard InChI is InChI=1S/C31H38N4O6/c1-22-5-4-6-23(2)30(22)32-31(37)34(12-11-33-13-15-38-16-14-33)20-29(36)35(19-26-9-7-24(3)41-26)18-25-8-10-27-28(17-25)40-21-39-27/h4-10,17H,11-16,18-21H2,1-3H3,(H,32,37). The van der Waals surface area contributed by atoms with Crippen molar-refractivity contribution in [3.05, 3.63) is 76.7 Å². The number of benzene rings is 2. The van der Waals surface area contributed by atoms with Gasteiger partial charge in [0.05, 0.1) is 19.8 Å². The molecule has 3 heterocycles. The Hall–Kier alpha value is -4.02. The van der Waals surface area contributed by atoms with Gasteiger partial charge in [0.25, 0.3) is 0 Å². The molecule has 1 aromatic heterocycles. The van der Waals surface area contributed by atoms with Crippen LogP contribution in [-0.4, -0.2) is 79.4 Å². The number of morpholine rings is 1. The van der Waals surface area contributed by atoms with Crippen molar-refractivity contribution in [2.45, 2.75) is 33.9 Å². The average molecular weight is 563 g/mol. The van der Waals surface area contributed by atoms with Gasteiger partial charge in [-0.3, -0.25) is 9.69 Å². The number of amides is 3. The molecule has 5 rings (SSSR count). The zero-order chi connectivity index (χ0) is 28.8. The van der Waals surface area contributed by atoms with Crippen LogP contribution < -0.4 is 14.8 Å². The molecule has 3 amide bonds. The second-order valence-corrected chi connectivity index (χ2v) is 10.5. The lowest BCUT2D eigenvalue weighted by molar-refractivity contribution is -0.133. The highest BCUT2D eigenvalue weighted by Crippen LogP contribution is 2.33. The molecule has 0 atom stereocenters. The molecule has 10 heteroatoms. The fraction of sp³-hybridized carbons (Fsp3) is 0.419. The number of urea groups is 1. The fourth-order valence-corrected chi connectivity index (χ4v) is 5.05. The van der Waals surface area contributed by atoms with Crippen LogP contribution in [0.5, 0.6) is 11.5 Å². The first-order valence-electron chi connectivity index (χ1n) is 14.0. The summed E-state index contributed by atoms with van der Waals surface area (Å²) >= 11 is 0. The van der Waals surface area contributed by atoms with Crippen LogP contribution in [0.15, 0.2) is 52.9 Å². The van der Waals surface area contributed by atoms with Gasteiger partial charge in [-0.05, 0) is 61.7 Å². The lowest BCUT2D eigenvalue weighted by atomic mass is 10.1. The Morgan fingerprint density at radius 2 is 1.66 bits per heavy atom. The number of para-hydroxylation sites is 1. The van der Waals surface area contributed by atoms with Gasteiger partial charge < -0.3 is 33.7 Å². The maximum Gasteiger partial charge on any atom is 0.322 e. The van der Waals surface area contributed by atoms with Gasteiger partial charge in [-0.15, -0.1) is 0 Å². The maximum absolute atomic E-state index is 13.9. The SMILES string of the molecule is Cc1ccc(CN(Cc2ccc3c(c2)OCO3)C(=O)CN(CCN2CCOCC2)C(=O)Nc2c(C)cccc2C)o1. The number of fused-ring (bicyclic) bond motifs is 1. The minimum Gasteiger partial charge on any atom is -0.464 e. The Bertz CT molecular complexity index is 1350. The first kappa shape index (κ1) is 28.5. The van der Waals surface area contributed by atoms with E-state index in [1.165, 1.54) is 0 Å². The summed E-state index contributed by atoms with van der Waals surface area (Å²) in [6.45, 7) is 10.5. The molecule has 218 valence electrons. The lowest BCUT2D eigenvalue weighted by Gasteiger charge is -2.31. The van der Waals surface area contributed by atoms with Gasteiger partial charge in [0.15, 0.2) is 11.5 Å². The van der Waals surface area contributed by atoms with E-state index in [0.29, 0.717) is 50.1 Å². The van der Waals surface area contributed by atoms with Gasteiger partial charge in [0.2, 0.25) is 12.7 Å². The molecule has 1 saturated heterocycles. The Morgan fingerprint density at radius 1 is 0.902 bits per heavy atom. The molecule has 1 fully saturated rings. The van der Waals surface area contributed by atoms with Crippen molar-refractivity contribution in [2.75, 3.05) is 58.0 Å². The summed E-state index contributed by atoms with van der Waals surface area (Å²) in [6, 6.07) is 15.0. The molecule has 41 heavy (non-hydrogen) atoms. The second-order valence-electron chi connectivity index (χ2n) is 10.5. The number of carbonyl (C=O) groups excluding carboxylic acids is 2. The topological polar surface area (TPSA) is 96.7 Å². The van der Waals surface area contributed by atoms with Gasteiger partial charge in [0.1, 0.15) is 18.1 Å². The van der Waals surface area contributed by atoms with Crippen LogP contribution in [0.3, 0.4) is 0 Å². The highest BCUT2D eigenvalue weighted by molar-refractivity contribution is 5.93. The Balaban J connectivity index is 1.35. The normalized spacial score (nSPS) is 14.6. The van der Waals surface area contributed by atoms with E-state index in [-0.39, 0.29) is 31.8 Å². The summed E-state index contributed by atoms with van der Waals surface area (Å²) in [5, 5.41) is 3.07. The molecule has 0 aliphatic carbocycles. The van der Waals surface area contributed by atoms with Crippen molar-refractivity contribution in [2.24, 2.45) is 0 Å². The van der Waals surface area contributed by atoms with Crippen LogP contribution in [0, 0.1) is 20.8 Å². The maximum atomic E-state index is 13.9. The van der Waals surface area contributed by atoms with Gasteiger partial charge in [0, 0.05) is 38.4 Å². The molecule has 0 bridgehead atoms. The van der Waals surface area contributed by atoms with Gasteiger partial charge in [-0.25, -0.2) is 4.79 Å². The first-order valence-corrected chi connectivity index (χ1v) is 14.0. The molecule has 3 aromatic rings. The third kappa shape index (κ3) is 7.39. The smallest absolute Gasteiger partial charge is 0.322 e. The zero-order valence-corrected chi connectivity index (χ0v) is 24.0. The average Bonchev–Trinajstić information content (AvgIpc) is 3.61. The molecule has 2 aromatic carbocycles. The van der Waals surface area contributed by atoms with Crippen molar-refractivity contribution in [1.29, 1.82) is 0 Å². The van der Waals surface area contributed by atoms with E-state index in [1.807, 2.05) is 69.3 Å². The molecule has 0 unspecified atom stereocenters. The van der Waals surface area contributed by atoms with E-state index in [2.05, 4.69) is 10.2 Å². The van der Waals surface area contributed by atoms with Crippen molar-refractivity contribution in [3.8, 4) is 11.5 Å². The lowest BCUT2D eigenvalue weighted by Crippen LogP contribution is -2.48. The number of furan rings is 1. The van der Waals surface area contributed by atoms with Gasteiger partial charge in [-0.2, -0.15) is 0 Å². The van der Waals surface area contributed by atoms with E-state index in [9.17, 15) is 9.59 Å². The molecule has 2 aliphatic rings. The number of nitrogens with one attached hydrogen (secondary N) is 1. The van der Waals surface area contributed by atoms with Gasteiger partial charge >= 0.3 is 6.03 Å². The third-order valence-electron chi connectivity index (χ3n) is 7.42. The molecule has 0 spiro atoms. The Morgan fingerprint density at radius 3 is 2.39 bits per heavy atom. The van der Waals surface area contributed by atoms with Crippen molar-refractivity contribution in [1.82, 2.24) is 14.7 Å². The first-order chi connectivity index (χ1) is 19.9. The van der Waals surface area contributed by atoms with E-state index < -0.39 is 0 Å². The number of hydrogen-bond acceptors (Lipinski definition) is 7. The van der Waals surface area contributed by atoms with E-state index in [0.717, 1.165) is 41.2 Å². The largest absolute Gasteiger partial charge is 0.464 e. The molecule has 0 radical (unpaired) electrons. The summed E-state index contributed by atoms with van der Waals surface area (Å²) in [4.78, 5) is 33.1. The minimum atomic E-state index is -0.305. The minimum absolute atomic E-state index is 0.0780. The third-order valence-corrected chi connectivity index (χ3v) is 7.42. The monoisotopic (exact) mass is 562 g/mol. The van der Waals surface area contributed by atoms with Crippen LogP contribution in [0.1, 0.15) is 28.2 Å². The zero-order valence-electron chi connectivity index (χ0n) is 24.0. The van der Waals surface area contributed by atoms with Crippen LogP contribution in [0.4, 0.5) is 10.5 Å². The molecule has 2 aliphatic heterocycles. The fourth-order valence-electron chi connectivity index (χ4n) is 5.05. The Labute approximate surface area is 240 Å². The number of anilines is 1. The van der Waals surface area contributed by atoms with E-state index in [1.54, 1.807) is 9.80 Å². The number of ether oxygens (including phenoxy) is 3. The number of carbonyl (C=O) groups is 2. The van der Waals surface area contributed by atoms with Crippen molar-refractivity contribution >= 4 is 17.6 Å². The van der Waals surface area contributed by atoms with Crippen LogP contribution in [0.2, 0.25) is 0 Å². The summed E-state index contributed by atoms with van der Waals surface area (Å²) in [6.07, 6.45) is 0. The van der Waals surface area contributed by atoms with Crippen LogP contribution in [-0.2, 0) is 22.6 Å². The second kappa shape index (κ2) is 13.1. The van der Waals surface area contributed by atoms with Crippen molar-refractivity contribution in [3.63, 3.8) is 0 Å². The summed E-state index contributed by atoms with van der Waals surface area (Å²) in [5.74, 6) is 2.61. The summed E-state index contributed by atoms with van der Waals surface area (Å²) in [7, 11) is 0.